The summed E-state index contributed by atoms with van der Waals surface area (Å²) in [4.78, 5) is -0.0212. The Bertz CT molecular complexity index is 932. The van der Waals surface area contributed by atoms with Gasteiger partial charge >= 0.3 is 17.7 Å². The molecular weight excluding hydrogens is 401 g/mol. The van der Waals surface area contributed by atoms with Crippen molar-refractivity contribution in [3.63, 3.8) is 0 Å². The fourth-order valence-electron chi connectivity index (χ4n) is 2.35. The zero-order valence-electron chi connectivity index (χ0n) is 16.1. The Morgan fingerprint density at radius 2 is 1.54 bits per heavy atom. The van der Waals surface area contributed by atoms with Crippen molar-refractivity contribution >= 4 is 23.4 Å². The van der Waals surface area contributed by atoms with Crippen LogP contribution in [0.25, 0.3) is 0 Å². The fourth-order valence-corrected chi connectivity index (χ4v) is 4.75. The number of rotatable bonds is 10. The van der Waals surface area contributed by atoms with Crippen molar-refractivity contribution in [1.29, 1.82) is 0 Å². The molecular formula is C19H24NO6PS. The highest BCUT2D eigenvalue weighted by atomic mass is 32.2. The molecule has 28 heavy (non-hydrogen) atoms. The maximum atomic E-state index is 12.9. The fraction of sp³-hybridized carbons (Fsp3) is 0.316. The first-order valence-corrected chi connectivity index (χ1v) is 11.9. The molecule has 0 bridgehead atoms. The van der Waals surface area contributed by atoms with Crippen LogP contribution in [0.15, 0.2) is 64.6 Å². The standard InChI is InChI=1S/C19H24NO6PS/c1-4-24-27(21,25-5-2)15-19(17-9-7-6-8-10-17)20-26-28(22,23)18-13-11-16(3)12-14-18/h6-14H,4-5,15H2,1-3H3/b20-19-. The van der Waals surface area contributed by atoms with Crippen LogP contribution in [0, 0.1) is 6.92 Å². The average molecular weight is 425 g/mol. The van der Waals surface area contributed by atoms with Crippen LogP contribution in [0.5, 0.6) is 0 Å². The van der Waals surface area contributed by atoms with E-state index in [1.54, 1.807) is 56.3 Å². The first-order valence-electron chi connectivity index (χ1n) is 8.80. The van der Waals surface area contributed by atoms with Crippen molar-refractivity contribution in [2.75, 3.05) is 19.4 Å². The van der Waals surface area contributed by atoms with Gasteiger partial charge in [0.25, 0.3) is 0 Å². The van der Waals surface area contributed by atoms with E-state index in [2.05, 4.69) is 5.16 Å². The molecule has 7 nitrogen and oxygen atoms in total. The summed E-state index contributed by atoms with van der Waals surface area (Å²) in [6, 6.07) is 14.9. The molecule has 0 atom stereocenters. The van der Waals surface area contributed by atoms with Gasteiger partial charge in [-0.05, 0) is 32.9 Å². The number of aryl methyl sites for hydroxylation is 1. The molecule has 0 aromatic heterocycles. The molecule has 2 aromatic rings. The zero-order valence-corrected chi connectivity index (χ0v) is 17.8. The number of hydrogen-bond donors (Lipinski definition) is 0. The van der Waals surface area contributed by atoms with Gasteiger partial charge in [-0.15, -0.1) is 0 Å². The van der Waals surface area contributed by atoms with Crippen LogP contribution in [0.1, 0.15) is 25.0 Å². The highest BCUT2D eigenvalue weighted by Gasteiger charge is 2.28. The molecule has 0 aliphatic heterocycles. The first kappa shape index (κ1) is 22.3. The van der Waals surface area contributed by atoms with Gasteiger partial charge in [0.1, 0.15) is 10.6 Å². The van der Waals surface area contributed by atoms with Crippen LogP contribution in [0.2, 0.25) is 0 Å². The summed E-state index contributed by atoms with van der Waals surface area (Å²) in [6.45, 7) is 5.61. The van der Waals surface area contributed by atoms with Gasteiger partial charge in [0.2, 0.25) is 0 Å². The Hall–Kier alpha value is -1.99. The van der Waals surface area contributed by atoms with Crippen molar-refractivity contribution < 1.29 is 26.3 Å². The molecule has 0 radical (unpaired) electrons. The van der Waals surface area contributed by atoms with E-state index in [1.165, 1.54) is 12.1 Å². The minimum absolute atomic E-state index is 0.0212. The summed E-state index contributed by atoms with van der Waals surface area (Å²) in [7, 11) is -7.63. The van der Waals surface area contributed by atoms with Crippen molar-refractivity contribution in [2.24, 2.45) is 5.16 Å². The molecule has 0 aliphatic carbocycles. The summed E-state index contributed by atoms with van der Waals surface area (Å²) in [5.41, 5.74) is 1.63. The Labute approximate surface area is 166 Å². The molecule has 0 spiro atoms. The molecule has 0 aliphatic rings. The van der Waals surface area contributed by atoms with Crippen molar-refractivity contribution in [2.45, 2.75) is 25.7 Å². The van der Waals surface area contributed by atoms with Crippen LogP contribution < -0.4 is 0 Å². The topological polar surface area (TPSA) is 91.3 Å². The lowest BCUT2D eigenvalue weighted by molar-refractivity contribution is 0.223. The van der Waals surface area contributed by atoms with E-state index in [4.69, 9.17) is 13.3 Å². The minimum Gasteiger partial charge on any atom is -0.309 e. The molecule has 0 amide bonds. The van der Waals surface area contributed by atoms with E-state index < -0.39 is 17.7 Å². The van der Waals surface area contributed by atoms with E-state index in [0.29, 0.717) is 5.56 Å². The second kappa shape index (κ2) is 9.98. The third-order valence-corrected chi connectivity index (χ3v) is 6.77. The molecule has 2 aromatic carbocycles. The molecule has 0 saturated carbocycles. The smallest absolute Gasteiger partial charge is 0.309 e. The van der Waals surface area contributed by atoms with Gasteiger partial charge in [-0.3, -0.25) is 8.85 Å². The van der Waals surface area contributed by atoms with Crippen LogP contribution in [-0.2, 0) is 28.0 Å². The summed E-state index contributed by atoms with van der Waals surface area (Å²) in [6.07, 6.45) is -0.220. The van der Waals surface area contributed by atoms with Crippen LogP contribution >= 0.6 is 7.60 Å². The van der Waals surface area contributed by atoms with Gasteiger partial charge in [-0.1, -0.05) is 53.2 Å². The molecule has 0 heterocycles. The predicted molar refractivity (Wildman–Crippen MR) is 108 cm³/mol. The van der Waals surface area contributed by atoms with E-state index >= 15 is 0 Å². The van der Waals surface area contributed by atoms with E-state index in [-0.39, 0.29) is 30.0 Å². The number of hydrogen-bond acceptors (Lipinski definition) is 7. The van der Waals surface area contributed by atoms with Crippen molar-refractivity contribution in [3.8, 4) is 0 Å². The highest BCUT2D eigenvalue weighted by Crippen LogP contribution is 2.48. The van der Waals surface area contributed by atoms with Gasteiger partial charge in [-0.25, -0.2) is 0 Å². The van der Waals surface area contributed by atoms with Gasteiger partial charge in [0, 0.05) is 5.56 Å². The third kappa shape index (κ3) is 6.27. The Morgan fingerprint density at radius 3 is 2.07 bits per heavy atom. The molecule has 152 valence electrons. The van der Waals surface area contributed by atoms with E-state index in [9.17, 15) is 13.0 Å². The SMILES string of the molecule is CCOP(=O)(C/C(=N/OS(=O)(=O)c1ccc(C)cc1)c1ccccc1)OCC. The Balaban J connectivity index is 2.36. The van der Waals surface area contributed by atoms with Gasteiger partial charge < -0.3 is 9.05 Å². The maximum absolute atomic E-state index is 12.9. The number of nitrogens with zero attached hydrogens (tertiary/aromatic N) is 1. The molecule has 0 N–H and O–H groups in total. The average Bonchev–Trinajstić information content (AvgIpc) is 2.66. The van der Waals surface area contributed by atoms with E-state index in [0.717, 1.165) is 5.56 Å². The number of oxime groups is 1. The Kier molecular flexibility index (Phi) is 7.95. The molecule has 2 rings (SSSR count). The number of benzene rings is 2. The minimum atomic E-state index is -4.12. The predicted octanol–water partition coefficient (Wildman–Crippen LogP) is 4.37. The quantitative estimate of drug-likeness (QED) is 0.319. The van der Waals surface area contributed by atoms with Gasteiger partial charge in [0.05, 0.1) is 19.4 Å². The summed E-state index contributed by atoms with van der Waals surface area (Å²) >= 11 is 0. The normalized spacial score (nSPS) is 12.8. The molecule has 9 heteroatoms. The van der Waals surface area contributed by atoms with Crippen LogP contribution in [0.3, 0.4) is 0 Å². The molecule has 0 unspecified atom stereocenters. The van der Waals surface area contributed by atoms with Gasteiger partial charge in [0.15, 0.2) is 0 Å². The largest absolute Gasteiger partial charge is 0.358 e. The van der Waals surface area contributed by atoms with Crippen molar-refractivity contribution in [3.05, 3.63) is 65.7 Å². The first-order chi connectivity index (χ1) is 13.3. The monoisotopic (exact) mass is 425 g/mol. The van der Waals surface area contributed by atoms with Crippen LogP contribution in [-0.4, -0.2) is 33.5 Å². The summed E-state index contributed by atoms with van der Waals surface area (Å²) < 4.78 is 53.3. The van der Waals surface area contributed by atoms with Crippen molar-refractivity contribution in [1.82, 2.24) is 0 Å². The van der Waals surface area contributed by atoms with Crippen LogP contribution in [0.4, 0.5) is 0 Å². The third-order valence-electron chi connectivity index (χ3n) is 3.66. The van der Waals surface area contributed by atoms with E-state index in [1.807, 2.05) is 6.92 Å². The summed E-state index contributed by atoms with van der Waals surface area (Å²) in [5, 5.41) is 3.81. The Morgan fingerprint density at radius 1 is 0.964 bits per heavy atom. The van der Waals surface area contributed by atoms with Gasteiger partial charge in [-0.2, -0.15) is 8.42 Å². The molecule has 0 saturated heterocycles. The second-order valence-corrected chi connectivity index (χ2v) is 9.43. The zero-order chi connectivity index (χ0) is 20.6. The highest BCUT2D eigenvalue weighted by molar-refractivity contribution is 7.86. The second-order valence-electron chi connectivity index (χ2n) is 5.85. The maximum Gasteiger partial charge on any atom is 0.358 e. The lowest BCUT2D eigenvalue weighted by Gasteiger charge is -2.17. The summed E-state index contributed by atoms with van der Waals surface area (Å²) in [5.74, 6) is 0. The lowest BCUT2D eigenvalue weighted by Crippen LogP contribution is -2.14. The lowest BCUT2D eigenvalue weighted by atomic mass is 10.1. The molecule has 0 fully saturated rings.